The van der Waals surface area contributed by atoms with Gasteiger partial charge in [-0.1, -0.05) is 12.1 Å². The monoisotopic (exact) mass is 346 g/mol. The Bertz CT molecular complexity index is 1120. The van der Waals surface area contributed by atoms with Gasteiger partial charge in [-0.2, -0.15) is 5.10 Å². The van der Waals surface area contributed by atoms with E-state index in [2.05, 4.69) is 20.4 Å². The van der Waals surface area contributed by atoms with Crippen LogP contribution in [0.25, 0.3) is 16.7 Å². The Balaban J connectivity index is 1.49. The number of fused-ring (bicyclic) bond motifs is 1. The van der Waals surface area contributed by atoms with Gasteiger partial charge >= 0.3 is 0 Å². The predicted octanol–water partition coefficient (Wildman–Crippen LogP) is 1.62. The van der Waals surface area contributed by atoms with Crippen LogP contribution in [0.1, 0.15) is 0 Å². The van der Waals surface area contributed by atoms with Gasteiger partial charge in [-0.15, -0.1) is 0 Å². The fourth-order valence-electron chi connectivity index (χ4n) is 2.57. The van der Waals surface area contributed by atoms with Gasteiger partial charge in [0.1, 0.15) is 6.54 Å². The molecule has 3 heterocycles. The van der Waals surface area contributed by atoms with E-state index in [0.717, 1.165) is 0 Å². The van der Waals surface area contributed by atoms with Crippen molar-refractivity contribution in [1.29, 1.82) is 0 Å². The summed E-state index contributed by atoms with van der Waals surface area (Å²) in [5.74, 6) is 0.306. The summed E-state index contributed by atoms with van der Waals surface area (Å²) in [5, 5.41) is 7.29. The van der Waals surface area contributed by atoms with Crippen molar-refractivity contribution in [2.75, 3.05) is 5.32 Å². The summed E-state index contributed by atoms with van der Waals surface area (Å²) in [5.41, 5.74) is 0.887. The maximum atomic E-state index is 12.4. The van der Waals surface area contributed by atoms with E-state index in [1.807, 2.05) is 6.07 Å². The molecule has 128 valence electrons. The van der Waals surface area contributed by atoms with Crippen LogP contribution in [0.2, 0.25) is 0 Å². The first-order valence-electron chi connectivity index (χ1n) is 7.91. The van der Waals surface area contributed by atoms with Gasteiger partial charge in [0.15, 0.2) is 5.82 Å². The molecule has 0 aliphatic heterocycles. The average molecular weight is 346 g/mol. The van der Waals surface area contributed by atoms with Crippen LogP contribution in [0.4, 0.5) is 5.69 Å². The molecule has 0 aliphatic carbocycles. The van der Waals surface area contributed by atoms with Crippen LogP contribution >= 0.6 is 0 Å². The van der Waals surface area contributed by atoms with E-state index in [0.29, 0.717) is 22.4 Å². The van der Waals surface area contributed by atoms with Gasteiger partial charge in [-0.25, -0.2) is 14.6 Å². The first-order chi connectivity index (χ1) is 12.7. The van der Waals surface area contributed by atoms with E-state index in [-0.39, 0.29) is 18.0 Å². The standard InChI is InChI=1S/C18H14N6O2/c25-17(11-23-12-20-15-5-2-1-4-14(15)18(23)26)22-13-6-7-16(19-10-13)24-9-3-8-21-24/h1-10,12H,11H2,(H,22,25). The molecule has 1 amide bonds. The Kier molecular flexibility index (Phi) is 3.98. The molecule has 0 spiro atoms. The van der Waals surface area contributed by atoms with Gasteiger partial charge in [0.05, 0.1) is 29.1 Å². The first-order valence-corrected chi connectivity index (χ1v) is 7.91. The van der Waals surface area contributed by atoms with Gasteiger partial charge in [0.25, 0.3) is 5.56 Å². The van der Waals surface area contributed by atoms with Crippen molar-refractivity contribution in [2.45, 2.75) is 6.54 Å². The minimum atomic E-state index is -0.335. The number of amides is 1. The second kappa shape index (κ2) is 6.60. The van der Waals surface area contributed by atoms with E-state index < -0.39 is 0 Å². The second-order valence-electron chi connectivity index (χ2n) is 5.60. The number of pyridine rings is 1. The lowest BCUT2D eigenvalue weighted by atomic mass is 10.2. The lowest BCUT2D eigenvalue weighted by Gasteiger charge is -2.08. The number of aromatic nitrogens is 5. The molecular formula is C18H14N6O2. The van der Waals surface area contributed by atoms with E-state index in [1.165, 1.54) is 17.1 Å². The van der Waals surface area contributed by atoms with E-state index in [9.17, 15) is 9.59 Å². The summed E-state index contributed by atoms with van der Waals surface area (Å²) >= 11 is 0. The molecule has 8 nitrogen and oxygen atoms in total. The van der Waals surface area contributed by atoms with Crippen molar-refractivity contribution in [3.8, 4) is 5.82 Å². The number of hydrogen-bond donors (Lipinski definition) is 1. The summed E-state index contributed by atoms with van der Waals surface area (Å²) in [4.78, 5) is 33.1. The smallest absolute Gasteiger partial charge is 0.261 e. The molecule has 0 saturated heterocycles. The molecule has 0 aliphatic rings. The maximum Gasteiger partial charge on any atom is 0.261 e. The largest absolute Gasteiger partial charge is 0.323 e. The summed E-state index contributed by atoms with van der Waals surface area (Å²) in [6, 6.07) is 12.3. The molecule has 0 saturated carbocycles. The van der Waals surface area contributed by atoms with Gasteiger partial charge in [-0.3, -0.25) is 14.2 Å². The first kappa shape index (κ1) is 15.7. The number of rotatable bonds is 4. The summed E-state index contributed by atoms with van der Waals surface area (Å²) in [7, 11) is 0. The Morgan fingerprint density at radius 1 is 1.08 bits per heavy atom. The minimum Gasteiger partial charge on any atom is -0.323 e. The minimum absolute atomic E-state index is 0.127. The molecule has 1 N–H and O–H groups in total. The number of nitrogens with one attached hydrogen (secondary N) is 1. The number of nitrogens with zero attached hydrogens (tertiary/aromatic N) is 5. The number of anilines is 1. The van der Waals surface area contributed by atoms with Crippen molar-refractivity contribution < 1.29 is 4.79 Å². The average Bonchev–Trinajstić information content (AvgIpc) is 3.20. The van der Waals surface area contributed by atoms with Crippen molar-refractivity contribution in [2.24, 2.45) is 0 Å². The highest BCUT2D eigenvalue weighted by molar-refractivity contribution is 5.90. The van der Waals surface area contributed by atoms with E-state index in [1.54, 1.807) is 53.5 Å². The Hall–Kier alpha value is -3.81. The molecule has 26 heavy (non-hydrogen) atoms. The van der Waals surface area contributed by atoms with Crippen LogP contribution in [0.3, 0.4) is 0 Å². The highest BCUT2D eigenvalue weighted by atomic mass is 16.2. The van der Waals surface area contributed by atoms with E-state index in [4.69, 9.17) is 0 Å². The third-order valence-corrected chi connectivity index (χ3v) is 3.82. The number of benzene rings is 1. The Morgan fingerprint density at radius 2 is 1.96 bits per heavy atom. The van der Waals surface area contributed by atoms with Crippen molar-refractivity contribution in [3.05, 3.63) is 77.7 Å². The topological polar surface area (TPSA) is 94.7 Å². The number of para-hydroxylation sites is 1. The summed E-state index contributed by atoms with van der Waals surface area (Å²) in [6.07, 6.45) is 6.35. The lowest BCUT2D eigenvalue weighted by molar-refractivity contribution is -0.116. The predicted molar refractivity (Wildman–Crippen MR) is 96.0 cm³/mol. The zero-order valence-electron chi connectivity index (χ0n) is 13.6. The Labute approximate surface area is 147 Å². The fourth-order valence-corrected chi connectivity index (χ4v) is 2.57. The Morgan fingerprint density at radius 3 is 2.73 bits per heavy atom. The van der Waals surface area contributed by atoms with Crippen LogP contribution in [0.15, 0.2) is 72.2 Å². The molecule has 3 aromatic heterocycles. The number of hydrogen-bond acceptors (Lipinski definition) is 5. The molecule has 0 fully saturated rings. The normalized spacial score (nSPS) is 10.8. The summed E-state index contributed by atoms with van der Waals surface area (Å²) < 4.78 is 2.90. The molecule has 1 aromatic carbocycles. The van der Waals surface area contributed by atoms with Gasteiger partial charge in [0, 0.05) is 12.4 Å². The van der Waals surface area contributed by atoms with Crippen LogP contribution in [-0.4, -0.2) is 30.2 Å². The lowest BCUT2D eigenvalue weighted by Crippen LogP contribution is -2.27. The zero-order chi connectivity index (χ0) is 17.9. The van der Waals surface area contributed by atoms with Crippen LogP contribution in [-0.2, 0) is 11.3 Å². The molecule has 0 bridgehead atoms. The van der Waals surface area contributed by atoms with Crippen molar-refractivity contribution in [3.63, 3.8) is 0 Å². The molecule has 0 radical (unpaired) electrons. The van der Waals surface area contributed by atoms with Crippen LogP contribution in [0.5, 0.6) is 0 Å². The highest BCUT2D eigenvalue weighted by Gasteiger charge is 2.09. The second-order valence-corrected chi connectivity index (χ2v) is 5.60. The number of carbonyl (C=O) groups is 1. The van der Waals surface area contributed by atoms with Crippen LogP contribution < -0.4 is 10.9 Å². The molecule has 0 atom stereocenters. The SMILES string of the molecule is O=C(Cn1cnc2ccccc2c1=O)Nc1ccc(-n2cccn2)nc1. The third-order valence-electron chi connectivity index (χ3n) is 3.82. The number of carbonyl (C=O) groups excluding carboxylic acids is 1. The van der Waals surface area contributed by atoms with Crippen molar-refractivity contribution in [1.82, 2.24) is 24.3 Å². The fraction of sp³-hybridized carbons (Fsp3) is 0.0556. The van der Waals surface area contributed by atoms with E-state index >= 15 is 0 Å². The maximum absolute atomic E-state index is 12.4. The molecule has 8 heteroatoms. The molecular weight excluding hydrogens is 332 g/mol. The van der Waals surface area contributed by atoms with Gasteiger partial charge < -0.3 is 5.32 Å². The third kappa shape index (κ3) is 3.07. The summed E-state index contributed by atoms with van der Waals surface area (Å²) in [6.45, 7) is -0.127. The van der Waals surface area contributed by atoms with Crippen molar-refractivity contribution >= 4 is 22.5 Å². The quantitative estimate of drug-likeness (QED) is 0.606. The van der Waals surface area contributed by atoms with Gasteiger partial charge in [0.2, 0.25) is 5.91 Å². The molecule has 0 unspecified atom stereocenters. The van der Waals surface area contributed by atoms with Gasteiger partial charge in [-0.05, 0) is 30.3 Å². The molecule has 4 aromatic rings. The zero-order valence-corrected chi connectivity index (χ0v) is 13.6. The highest BCUT2D eigenvalue weighted by Crippen LogP contribution is 2.09. The van der Waals surface area contributed by atoms with Crippen LogP contribution in [0, 0.1) is 0 Å². The molecule has 4 rings (SSSR count).